The topological polar surface area (TPSA) is 52.6 Å². The van der Waals surface area contributed by atoms with E-state index in [2.05, 4.69) is 192 Å². The van der Waals surface area contributed by atoms with Crippen molar-refractivity contribution < 1.29 is 19.1 Å². The molecule has 0 radical (unpaired) electrons. The van der Waals surface area contributed by atoms with Gasteiger partial charge in [-0.2, -0.15) is 0 Å². The van der Waals surface area contributed by atoms with Crippen molar-refractivity contribution >= 4 is 11.9 Å². The number of ether oxygens (including phenoxy) is 2. The lowest BCUT2D eigenvalue weighted by atomic mass is 9.71. The van der Waals surface area contributed by atoms with Gasteiger partial charge < -0.3 is 9.47 Å². The Morgan fingerprint density at radius 2 is 0.737 bits per heavy atom. The van der Waals surface area contributed by atoms with Gasteiger partial charge in [0.1, 0.15) is 12.2 Å². The third-order valence-corrected chi connectivity index (χ3v) is 15.1. The van der Waals surface area contributed by atoms with Gasteiger partial charge in [0.15, 0.2) is 0 Å². The summed E-state index contributed by atoms with van der Waals surface area (Å²) in [7, 11) is 0. The molecule has 0 N–H and O–H groups in total. The molecule has 0 amide bonds. The summed E-state index contributed by atoms with van der Waals surface area (Å²) in [4.78, 5) is 25.6. The highest BCUT2D eigenvalue weighted by Crippen LogP contribution is 2.43. The van der Waals surface area contributed by atoms with E-state index in [1.807, 2.05) is 0 Å². The summed E-state index contributed by atoms with van der Waals surface area (Å²) < 4.78 is 12.1. The highest BCUT2D eigenvalue weighted by molar-refractivity contribution is 5.70. The quantitative estimate of drug-likeness (QED) is 0.0268. The normalized spacial score (nSPS) is 19.2. The average molecular weight is 1040 g/mol. The third kappa shape index (κ3) is 32.3. The molecular weight excluding hydrogens is 929 g/mol. The molecule has 4 heteroatoms. The number of rotatable bonds is 38. The van der Waals surface area contributed by atoms with E-state index in [9.17, 15) is 9.59 Å². The molecule has 0 aromatic heterocycles. The fraction of sp³-hybridized carbons (Fsp3) is 0.611. The maximum absolute atomic E-state index is 12.8. The summed E-state index contributed by atoms with van der Waals surface area (Å²) in [6.45, 7) is 26.5. The smallest absolute Gasteiger partial charge is 0.306 e. The Labute approximate surface area is 468 Å². The van der Waals surface area contributed by atoms with E-state index in [1.165, 1.54) is 160 Å². The molecule has 4 nitrogen and oxygen atoms in total. The van der Waals surface area contributed by atoms with Crippen LogP contribution >= 0.6 is 0 Å². The third-order valence-electron chi connectivity index (χ3n) is 15.1. The number of hydrogen-bond donors (Lipinski definition) is 0. The summed E-state index contributed by atoms with van der Waals surface area (Å²) in [5.74, 6) is -0.0741. The van der Waals surface area contributed by atoms with Crippen molar-refractivity contribution in [3.8, 4) is 0 Å². The zero-order chi connectivity index (χ0) is 55.9. The maximum atomic E-state index is 12.8. The van der Waals surface area contributed by atoms with Gasteiger partial charge in [-0.1, -0.05) is 261 Å². The van der Waals surface area contributed by atoms with Crippen LogP contribution < -0.4 is 0 Å². The van der Waals surface area contributed by atoms with Crippen LogP contribution in [0.5, 0.6) is 0 Å². The summed E-state index contributed by atoms with van der Waals surface area (Å²) >= 11 is 0. The second kappa shape index (κ2) is 40.7. The molecule has 0 aromatic carbocycles. The molecule has 0 saturated carbocycles. The minimum Gasteiger partial charge on any atom is -0.462 e. The lowest BCUT2D eigenvalue weighted by molar-refractivity contribution is -0.151. The standard InChI is InChI=1S/C72H112O4/c1-13-15-17-19-21-23-25-27-29-31-33-35-37-49-69(73)75-65-55-63(7)67(71(9,10)57-65)53-51-61(5)47-41-45-59(3)43-39-40-44-60(4)46-42-48-62(6)52-54-68-64(8)56-66(58-72(68,11)12)76-70(74)50-38-36-34-32-30-28-26-24-22-20-18-16-14-2/h23-26,39-48,51-54,65-66H,13-22,27-38,49-50,55-58H2,1-12H3/t65-,66-/m1/s1. The number of esters is 2. The first kappa shape index (κ1) is 67.7. The average Bonchev–Trinajstić information content (AvgIpc) is 3.34. The van der Waals surface area contributed by atoms with E-state index in [1.54, 1.807) is 0 Å². The van der Waals surface area contributed by atoms with E-state index in [4.69, 9.17) is 9.47 Å². The summed E-state index contributed by atoms with van der Waals surface area (Å²) in [6, 6.07) is 0. The SMILES string of the molecule is CCCCCCC=CCCCCCCCC(=O)O[C@@H]1CC(C)=C(C=CC(C)=CC=CC(C)=CC=CC=C(C)C=CC=C(C)C=CC2=C(C)C[C@@H](OC(=O)CCCCCCCC=CCCCCCC)CC2(C)C)C(C)(C)C1. The van der Waals surface area contributed by atoms with E-state index in [0.29, 0.717) is 12.8 Å². The number of carbonyl (C=O) groups excluding carboxylic acids is 2. The van der Waals surface area contributed by atoms with Crippen molar-refractivity contribution in [1.29, 1.82) is 0 Å². The first-order chi connectivity index (χ1) is 36.5. The van der Waals surface area contributed by atoms with Gasteiger partial charge in [0.25, 0.3) is 0 Å². The van der Waals surface area contributed by atoms with Crippen LogP contribution in [0.4, 0.5) is 0 Å². The summed E-state index contributed by atoms with van der Waals surface area (Å²) in [5, 5.41) is 0. The van der Waals surface area contributed by atoms with E-state index in [-0.39, 0.29) is 35.0 Å². The van der Waals surface area contributed by atoms with Gasteiger partial charge in [0.05, 0.1) is 0 Å². The fourth-order valence-corrected chi connectivity index (χ4v) is 10.7. The number of carbonyl (C=O) groups is 2. The van der Waals surface area contributed by atoms with Crippen LogP contribution in [0.15, 0.2) is 154 Å². The number of allylic oxidation sites excluding steroid dienone is 24. The van der Waals surface area contributed by atoms with Gasteiger partial charge in [0, 0.05) is 25.7 Å². The van der Waals surface area contributed by atoms with Crippen LogP contribution in [-0.4, -0.2) is 24.1 Å². The molecule has 0 bridgehead atoms. The monoisotopic (exact) mass is 1040 g/mol. The Kier molecular flexibility index (Phi) is 36.3. The lowest BCUT2D eigenvalue weighted by Gasteiger charge is -2.37. The molecule has 424 valence electrons. The molecule has 0 fully saturated rings. The molecule has 2 aliphatic rings. The molecular formula is C72H112O4. The largest absolute Gasteiger partial charge is 0.462 e. The van der Waals surface area contributed by atoms with E-state index in [0.717, 1.165) is 51.4 Å². The van der Waals surface area contributed by atoms with Crippen LogP contribution in [0.25, 0.3) is 0 Å². The molecule has 0 unspecified atom stereocenters. The van der Waals surface area contributed by atoms with Crippen LogP contribution in [0.1, 0.15) is 263 Å². The first-order valence-electron chi connectivity index (χ1n) is 30.6. The second-order valence-corrected chi connectivity index (χ2v) is 23.9. The minimum absolute atomic E-state index is 0.0371. The zero-order valence-corrected chi connectivity index (χ0v) is 51.0. The van der Waals surface area contributed by atoms with Gasteiger partial charge in [-0.25, -0.2) is 0 Å². The predicted molar refractivity (Wildman–Crippen MR) is 332 cm³/mol. The second-order valence-electron chi connectivity index (χ2n) is 23.9. The molecule has 0 saturated heterocycles. The molecule has 0 heterocycles. The van der Waals surface area contributed by atoms with Crippen LogP contribution in [0.3, 0.4) is 0 Å². The highest BCUT2D eigenvalue weighted by Gasteiger charge is 2.35. The van der Waals surface area contributed by atoms with Gasteiger partial charge in [0.2, 0.25) is 0 Å². The number of hydrogen-bond acceptors (Lipinski definition) is 4. The van der Waals surface area contributed by atoms with Gasteiger partial charge in [-0.15, -0.1) is 0 Å². The minimum atomic E-state index is -0.0636. The van der Waals surface area contributed by atoms with Crippen molar-refractivity contribution in [3.63, 3.8) is 0 Å². The van der Waals surface area contributed by atoms with Crippen molar-refractivity contribution in [2.75, 3.05) is 0 Å². The first-order valence-corrected chi connectivity index (χ1v) is 30.6. The Morgan fingerprint density at radius 1 is 0.434 bits per heavy atom. The van der Waals surface area contributed by atoms with Crippen molar-refractivity contribution in [2.24, 2.45) is 10.8 Å². The molecule has 0 aliphatic heterocycles. The fourth-order valence-electron chi connectivity index (χ4n) is 10.7. The number of unbranched alkanes of at least 4 members (excludes halogenated alkanes) is 18. The Morgan fingerprint density at radius 3 is 1.08 bits per heavy atom. The summed E-state index contributed by atoms with van der Waals surface area (Å²) in [6.07, 6.45) is 70.8. The van der Waals surface area contributed by atoms with Gasteiger partial charge in [-0.05, 0) is 141 Å². The van der Waals surface area contributed by atoms with Crippen LogP contribution in [0, 0.1) is 10.8 Å². The molecule has 0 spiro atoms. The molecule has 2 atom stereocenters. The lowest BCUT2D eigenvalue weighted by Crippen LogP contribution is -2.31. The van der Waals surface area contributed by atoms with Crippen molar-refractivity contribution in [1.82, 2.24) is 0 Å². The summed E-state index contributed by atoms with van der Waals surface area (Å²) in [5.41, 5.74) is 9.93. The van der Waals surface area contributed by atoms with Gasteiger partial charge >= 0.3 is 11.9 Å². The molecule has 2 aliphatic carbocycles. The van der Waals surface area contributed by atoms with Crippen molar-refractivity contribution in [3.05, 3.63) is 154 Å². The van der Waals surface area contributed by atoms with Crippen LogP contribution in [0.2, 0.25) is 0 Å². The maximum Gasteiger partial charge on any atom is 0.306 e. The predicted octanol–water partition coefficient (Wildman–Crippen LogP) is 22.2. The van der Waals surface area contributed by atoms with Crippen LogP contribution in [-0.2, 0) is 19.1 Å². The molecule has 76 heavy (non-hydrogen) atoms. The highest BCUT2D eigenvalue weighted by atomic mass is 16.5. The molecule has 0 aromatic rings. The zero-order valence-electron chi connectivity index (χ0n) is 51.0. The van der Waals surface area contributed by atoms with E-state index >= 15 is 0 Å². The Bertz CT molecular complexity index is 1940. The van der Waals surface area contributed by atoms with Gasteiger partial charge in [-0.3, -0.25) is 9.59 Å². The van der Waals surface area contributed by atoms with E-state index < -0.39 is 0 Å². The Balaban J connectivity index is 1.74. The molecule has 2 rings (SSSR count). The Hall–Kier alpha value is -4.44. The van der Waals surface area contributed by atoms with Crippen molar-refractivity contribution in [2.45, 2.75) is 275 Å².